The summed E-state index contributed by atoms with van der Waals surface area (Å²) in [4.78, 5) is 8.94. The summed E-state index contributed by atoms with van der Waals surface area (Å²) in [6.07, 6.45) is 3.51. The van der Waals surface area contributed by atoms with Gasteiger partial charge < -0.3 is 0 Å². The fourth-order valence-corrected chi connectivity index (χ4v) is 5.31. The van der Waals surface area contributed by atoms with Gasteiger partial charge in [0.05, 0.1) is 23.0 Å². The van der Waals surface area contributed by atoms with E-state index in [4.69, 9.17) is 5.26 Å². The Hall–Kier alpha value is -4.33. The number of fused-ring (bicyclic) bond motifs is 3. The summed E-state index contributed by atoms with van der Waals surface area (Å²) in [5.74, 6) is 0. The molecule has 0 unspecified atom stereocenters. The average molecular weight is 440 g/mol. The van der Waals surface area contributed by atoms with Crippen LogP contribution in [0.15, 0.2) is 103 Å². The summed E-state index contributed by atoms with van der Waals surface area (Å²) < 4.78 is 2.56. The van der Waals surface area contributed by atoms with E-state index in [0.717, 1.165) is 16.8 Å². The summed E-state index contributed by atoms with van der Waals surface area (Å²) in [5.41, 5.74) is 6.70. The first-order chi connectivity index (χ1) is 16.3. The number of thiophene rings is 1. The van der Waals surface area contributed by atoms with E-state index in [1.54, 1.807) is 18.3 Å². The van der Waals surface area contributed by atoms with Crippen molar-refractivity contribution in [1.29, 1.82) is 5.26 Å². The Balaban J connectivity index is 1.37. The molecule has 6 aromatic rings. The third-order valence-corrected chi connectivity index (χ3v) is 6.94. The number of nitrogens with zero attached hydrogens (tertiary/aromatic N) is 3. The number of rotatable bonds is 3. The van der Waals surface area contributed by atoms with Gasteiger partial charge in [0.25, 0.3) is 0 Å². The summed E-state index contributed by atoms with van der Waals surface area (Å²) in [7, 11) is 0. The number of pyridine rings is 2. The zero-order valence-electron chi connectivity index (χ0n) is 17.6. The predicted molar refractivity (Wildman–Crippen MR) is 136 cm³/mol. The van der Waals surface area contributed by atoms with Crippen LogP contribution in [0.3, 0.4) is 0 Å². The van der Waals surface area contributed by atoms with Crippen molar-refractivity contribution < 1.29 is 0 Å². The van der Waals surface area contributed by atoms with Crippen molar-refractivity contribution in [1.82, 2.24) is 9.97 Å². The van der Waals surface area contributed by atoms with Crippen LogP contribution in [0.5, 0.6) is 0 Å². The molecule has 6 rings (SSSR count). The van der Waals surface area contributed by atoms with Crippen molar-refractivity contribution in [3.63, 3.8) is 0 Å². The quantitative estimate of drug-likeness (QED) is 0.284. The Morgan fingerprint density at radius 3 is 1.97 bits per heavy atom. The highest BCUT2D eigenvalue weighted by atomic mass is 32.1. The van der Waals surface area contributed by atoms with Gasteiger partial charge in [0.2, 0.25) is 0 Å². The molecule has 0 spiro atoms. The second-order valence-corrected chi connectivity index (χ2v) is 8.95. The summed E-state index contributed by atoms with van der Waals surface area (Å²) in [6.45, 7) is 0. The predicted octanol–water partition coefficient (Wildman–Crippen LogP) is 7.72. The standard InChI is InChI=1S/C29H17N3S/c30-17-19-12-13-31-27(14-19)26-11-8-23(18-32-26)22-7-10-25-24-9-6-21(20-4-2-1-3-5-20)15-28(24)33-29(25)16-22/h1-16,18H. The summed E-state index contributed by atoms with van der Waals surface area (Å²) in [6, 6.07) is 33.4. The van der Waals surface area contributed by atoms with E-state index < -0.39 is 0 Å². The van der Waals surface area contributed by atoms with Crippen molar-refractivity contribution in [2.75, 3.05) is 0 Å². The molecule has 0 aliphatic rings. The minimum Gasteiger partial charge on any atom is -0.255 e. The molecule has 0 amide bonds. The minimum atomic E-state index is 0.580. The molecule has 154 valence electrons. The first kappa shape index (κ1) is 19.4. The van der Waals surface area contributed by atoms with Crippen molar-refractivity contribution in [2.45, 2.75) is 0 Å². The molecule has 4 heteroatoms. The van der Waals surface area contributed by atoms with Gasteiger partial charge in [-0.05, 0) is 47.0 Å². The van der Waals surface area contributed by atoms with Gasteiger partial charge in [0, 0.05) is 38.1 Å². The van der Waals surface area contributed by atoms with Crippen LogP contribution in [0.25, 0.3) is 53.8 Å². The Bertz CT molecular complexity index is 1660. The molecule has 0 fully saturated rings. The molecular weight excluding hydrogens is 422 g/mol. The third kappa shape index (κ3) is 3.55. The normalized spacial score (nSPS) is 11.0. The molecule has 33 heavy (non-hydrogen) atoms. The van der Waals surface area contributed by atoms with Crippen LogP contribution >= 0.6 is 11.3 Å². The van der Waals surface area contributed by atoms with Gasteiger partial charge in [0.1, 0.15) is 0 Å². The van der Waals surface area contributed by atoms with Crippen molar-refractivity contribution >= 4 is 31.5 Å². The molecule has 3 heterocycles. The smallest absolute Gasteiger partial charge is 0.0992 e. The number of benzene rings is 3. The Labute approximate surface area is 195 Å². The summed E-state index contributed by atoms with van der Waals surface area (Å²) in [5, 5.41) is 11.7. The molecule has 0 saturated carbocycles. The molecule has 0 aliphatic carbocycles. The number of hydrogen-bond donors (Lipinski definition) is 0. The first-order valence-corrected chi connectivity index (χ1v) is 11.4. The lowest BCUT2D eigenvalue weighted by atomic mass is 10.0. The molecule has 0 saturated heterocycles. The Kier molecular flexibility index (Phi) is 4.68. The second kappa shape index (κ2) is 7.98. The van der Waals surface area contributed by atoms with E-state index in [1.165, 1.54) is 31.3 Å². The largest absolute Gasteiger partial charge is 0.255 e. The van der Waals surface area contributed by atoms with Crippen LogP contribution in [-0.4, -0.2) is 9.97 Å². The average Bonchev–Trinajstić information content (AvgIpc) is 3.26. The van der Waals surface area contributed by atoms with E-state index in [2.05, 4.69) is 82.8 Å². The lowest BCUT2D eigenvalue weighted by Crippen LogP contribution is -1.89. The van der Waals surface area contributed by atoms with E-state index >= 15 is 0 Å². The number of nitriles is 1. The highest BCUT2D eigenvalue weighted by Crippen LogP contribution is 2.38. The fourth-order valence-electron chi connectivity index (χ4n) is 4.12. The third-order valence-electron chi connectivity index (χ3n) is 5.83. The Morgan fingerprint density at radius 2 is 1.30 bits per heavy atom. The van der Waals surface area contributed by atoms with Gasteiger partial charge in [-0.1, -0.05) is 60.7 Å². The maximum absolute atomic E-state index is 9.12. The van der Waals surface area contributed by atoms with Crippen molar-refractivity contribution in [3.05, 3.63) is 109 Å². The SMILES string of the molecule is N#Cc1ccnc(-c2ccc(-c3ccc4c(c3)sc3cc(-c5ccccc5)ccc34)cn2)c1. The highest BCUT2D eigenvalue weighted by molar-refractivity contribution is 7.25. The molecule has 0 aliphatic heterocycles. The molecule has 3 nitrogen and oxygen atoms in total. The minimum absolute atomic E-state index is 0.580. The van der Waals surface area contributed by atoms with Crippen molar-refractivity contribution in [2.24, 2.45) is 0 Å². The molecular formula is C29H17N3S. The number of hydrogen-bond acceptors (Lipinski definition) is 4. The number of aromatic nitrogens is 2. The highest BCUT2D eigenvalue weighted by Gasteiger charge is 2.09. The Morgan fingerprint density at radius 1 is 0.606 bits per heavy atom. The fraction of sp³-hybridized carbons (Fsp3) is 0. The molecule has 0 radical (unpaired) electrons. The van der Waals surface area contributed by atoms with Crippen LogP contribution in [0.4, 0.5) is 0 Å². The van der Waals surface area contributed by atoms with Gasteiger partial charge in [-0.3, -0.25) is 9.97 Å². The van der Waals surface area contributed by atoms with Gasteiger partial charge >= 0.3 is 0 Å². The molecule has 0 atom stereocenters. The molecule has 0 bridgehead atoms. The van der Waals surface area contributed by atoms with E-state index in [0.29, 0.717) is 11.3 Å². The van der Waals surface area contributed by atoms with Gasteiger partial charge in [-0.15, -0.1) is 11.3 Å². The lowest BCUT2D eigenvalue weighted by molar-refractivity contribution is 1.24. The topological polar surface area (TPSA) is 49.6 Å². The molecule has 3 aromatic heterocycles. The maximum Gasteiger partial charge on any atom is 0.0992 e. The van der Waals surface area contributed by atoms with Crippen LogP contribution in [0, 0.1) is 11.3 Å². The van der Waals surface area contributed by atoms with Gasteiger partial charge in [-0.2, -0.15) is 5.26 Å². The van der Waals surface area contributed by atoms with Crippen LogP contribution < -0.4 is 0 Å². The lowest BCUT2D eigenvalue weighted by Gasteiger charge is -2.04. The van der Waals surface area contributed by atoms with Gasteiger partial charge in [-0.25, -0.2) is 0 Å². The maximum atomic E-state index is 9.12. The van der Waals surface area contributed by atoms with Crippen molar-refractivity contribution in [3.8, 4) is 39.7 Å². The monoisotopic (exact) mass is 439 g/mol. The van der Waals surface area contributed by atoms with E-state index in [9.17, 15) is 0 Å². The van der Waals surface area contributed by atoms with E-state index in [1.807, 2.05) is 29.7 Å². The van der Waals surface area contributed by atoms with Gasteiger partial charge in [0.15, 0.2) is 0 Å². The van der Waals surface area contributed by atoms with Crippen LogP contribution in [0.1, 0.15) is 5.56 Å². The second-order valence-electron chi connectivity index (χ2n) is 7.86. The zero-order valence-corrected chi connectivity index (χ0v) is 18.4. The zero-order chi connectivity index (χ0) is 22.2. The van der Waals surface area contributed by atoms with E-state index in [-0.39, 0.29) is 0 Å². The first-order valence-electron chi connectivity index (χ1n) is 10.6. The van der Waals surface area contributed by atoms with Crippen LogP contribution in [-0.2, 0) is 0 Å². The van der Waals surface area contributed by atoms with Crippen LogP contribution in [0.2, 0.25) is 0 Å². The summed E-state index contributed by atoms with van der Waals surface area (Å²) >= 11 is 1.82. The molecule has 3 aromatic carbocycles. The molecule has 0 N–H and O–H groups in total.